The van der Waals surface area contributed by atoms with Crippen LogP contribution in [0.2, 0.25) is 0 Å². The molecule has 3 nitrogen and oxygen atoms in total. The number of hydrogen-bond acceptors (Lipinski definition) is 3. The number of rotatable bonds is 6. The number of benzene rings is 1. The van der Waals surface area contributed by atoms with E-state index in [0.717, 1.165) is 36.2 Å². The number of aromatic nitrogens is 1. The third-order valence-corrected chi connectivity index (χ3v) is 3.84. The van der Waals surface area contributed by atoms with Crippen LogP contribution in [0.15, 0.2) is 59.2 Å². The molecule has 0 spiro atoms. The molecule has 0 aliphatic heterocycles. The van der Waals surface area contributed by atoms with E-state index in [4.69, 9.17) is 9.40 Å². The number of aryl methyl sites for hydroxylation is 1. The molecule has 1 atom stereocenters. The van der Waals surface area contributed by atoms with Crippen molar-refractivity contribution in [2.45, 2.75) is 25.3 Å². The van der Waals surface area contributed by atoms with Crippen molar-refractivity contribution in [2.24, 2.45) is 0 Å². The minimum atomic E-state index is 0.406. The quantitative estimate of drug-likeness (QED) is 0.750. The van der Waals surface area contributed by atoms with Gasteiger partial charge >= 0.3 is 0 Å². The Labute approximate surface area is 125 Å². The lowest BCUT2D eigenvalue weighted by molar-refractivity contribution is 0.458. The molecule has 0 fully saturated rings. The van der Waals surface area contributed by atoms with Gasteiger partial charge in [0.2, 0.25) is 0 Å². The molecule has 3 aromatic rings. The number of fused-ring (bicyclic) bond motifs is 1. The highest BCUT2D eigenvalue weighted by Crippen LogP contribution is 2.14. The molecule has 0 bridgehead atoms. The second kappa shape index (κ2) is 6.55. The molecule has 0 radical (unpaired) electrons. The van der Waals surface area contributed by atoms with Gasteiger partial charge in [0.1, 0.15) is 5.76 Å². The molecule has 2 aromatic heterocycles. The maximum atomic E-state index is 5.39. The first-order chi connectivity index (χ1) is 10.3. The molecular weight excluding hydrogens is 260 g/mol. The van der Waals surface area contributed by atoms with Gasteiger partial charge in [-0.1, -0.05) is 24.3 Å². The predicted molar refractivity (Wildman–Crippen MR) is 85.3 cm³/mol. The molecule has 1 N–H and O–H groups in total. The summed E-state index contributed by atoms with van der Waals surface area (Å²) in [5.74, 6) is 1.04. The average molecular weight is 280 g/mol. The Kier molecular flexibility index (Phi) is 4.31. The summed E-state index contributed by atoms with van der Waals surface area (Å²) in [6.07, 6.45) is 4.65. The first-order valence-electron chi connectivity index (χ1n) is 7.39. The van der Waals surface area contributed by atoms with Gasteiger partial charge in [0.05, 0.1) is 11.8 Å². The van der Waals surface area contributed by atoms with E-state index in [-0.39, 0.29) is 0 Å². The maximum Gasteiger partial charge on any atom is 0.103 e. The van der Waals surface area contributed by atoms with Crippen LogP contribution < -0.4 is 5.32 Å². The van der Waals surface area contributed by atoms with Crippen molar-refractivity contribution in [3.05, 3.63) is 66.2 Å². The van der Waals surface area contributed by atoms with Crippen LogP contribution in [0.3, 0.4) is 0 Å². The Morgan fingerprint density at radius 2 is 2.00 bits per heavy atom. The summed E-state index contributed by atoms with van der Waals surface area (Å²) < 4.78 is 5.39. The monoisotopic (exact) mass is 280 g/mol. The summed E-state index contributed by atoms with van der Waals surface area (Å²) in [6, 6.07) is 16.9. The SMILES string of the molecule is CNC(CCc1ccco1)Cc1ccc2ccccc2n1. The number of hydrogen-bond donors (Lipinski definition) is 1. The standard InChI is InChI=1S/C18H20N2O/c1-19-15(10-11-17-6-4-12-21-17)13-16-9-8-14-5-2-3-7-18(14)20-16/h2-9,12,15,19H,10-11,13H2,1H3. The van der Waals surface area contributed by atoms with E-state index in [0.29, 0.717) is 6.04 Å². The summed E-state index contributed by atoms with van der Waals surface area (Å²) in [6.45, 7) is 0. The summed E-state index contributed by atoms with van der Waals surface area (Å²) >= 11 is 0. The molecule has 0 saturated carbocycles. The Morgan fingerprint density at radius 3 is 2.81 bits per heavy atom. The number of nitrogens with zero attached hydrogens (tertiary/aromatic N) is 1. The summed E-state index contributed by atoms with van der Waals surface area (Å²) in [5, 5.41) is 4.57. The van der Waals surface area contributed by atoms with Crippen molar-refractivity contribution < 1.29 is 4.42 Å². The van der Waals surface area contributed by atoms with Gasteiger partial charge in [-0.25, -0.2) is 0 Å². The number of nitrogens with one attached hydrogen (secondary N) is 1. The Hall–Kier alpha value is -2.13. The van der Waals surface area contributed by atoms with Gasteiger partial charge in [-0.3, -0.25) is 4.98 Å². The summed E-state index contributed by atoms with van der Waals surface area (Å²) in [4.78, 5) is 4.74. The fourth-order valence-electron chi connectivity index (χ4n) is 2.59. The lowest BCUT2D eigenvalue weighted by Gasteiger charge is -2.15. The van der Waals surface area contributed by atoms with Gasteiger partial charge in [0.25, 0.3) is 0 Å². The van der Waals surface area contributed by atoms with Crippen molar-refractivity contribution in [3.8, 4) is 0 Å². The van der Waals surface area contributed by atoms with E-state index >= 15 is 0 Å². The van der Waals surface area contributed by atoms with Gasteiger partial charge in [-0.2, -0.15) is 0 Å². The molecule has 0 aliphatic carbocycles. The maximum absolute atomic E-state index is 5.39. The second-order valence-electron chi connectivity index (χ2n) is 5.30. The van der Waals surface area contributed by atoms with Crippen LogP contribution in [0.25, 0.3) is 10.9 Å². The van der Waals surface area contributed by atoms with Crippen molar-refractivity contribution in [3.63, 3.8) is 0 Å². The minimum absolute atomic E-state index is 0.406. The van der Waals surface area contributed by atoms with E-state index in [9.17, 15) is 0 Å². The molecule has 0 aliphatic rings. The van der Waals surface area contributed by atoms with E-state index < -0.39 is 0 Å². The third kappa shape index (κ3) is 3.50. The van der Waals surface area contributed by atoms with Crippen LogP contribution in [0, 0.1) is 0 Å². The number of para-hydroxylation sites is 1. The lowest BCUT2D eigenvalue weighted by Crippen LogP contribution is -2.28. The molecule has 2 heterocycles. The smallest absolute Gasteiger partial charge is 0.103 e. The van der Waals surface area contributed by atoms with Crippen LogP contribution in [-0.4, -0.2) is 18.1 Å². The normalized spacial score (nSPS) is 12.6. The van der Waals surface area contributed by atoms with E-state index in [1.807, 2.05) is 31.3 Å². The molecule has 0 saturated heterocycles. The van der Waals surface area contributed by atoms with Gasteiger partial charge in [-0.15, -0.1) is 0 Å². The molecule has 108 valence electrons. The van der Waals surface area contributed by atoms with Crippen LogP contribution in [0.4, 0.5) is 0 Å². The Balaban J connectivity index is 1.67. The first kappa shape index (κ1) is 13.8. The first-order valence-corrected chi connectivity index (χ1v) is 7.39. The summed E-state index contributed by atoms with van der Waals surface area (Å²) in [5.41, 5.74) is 2.20. The molecular formula is C18H20N2O. The molecule has 21 heavy (non-hydrogen) atoms. The average Bonchev–Trinajstić information content (AvgIpc) is 3.04. The Bertz CT molecular complexity index is 691. The highest BCUT2D eigenvalue weighted by Gasteiger charge is 2.10. The van der Waals surface area contributed by atoms with E-state index in [2.05, 4.69) is 29.6 Å². The zero-order chi connectivity index (χ0) is 14.5. The second-order valence-corrected chi connectivity index (χ2v) is 5.30. The van der Waals surface area contributed by atoms with Gasteiger partial charge in [-0.05, 0) is 37.7 Å². The molecule has 3 heteroatoms. The summed E-state index contributed by atoms with van der Waals surface area (Å²) in [7, 11) is 2.01. The van der Waals surface area contributed by atoms with Crippen molar-refractivity contribution >= 4 is 10.9 Å². The Morgan fingerprint density at radius 1 is 1.10 bits per heavy atom. The van der Waals surface area contributed by atoms with Crippen LogP contribution >= 0.6 is 0 Å². The van der Waals surface area contributed by atoms with Gasteiger partial charge in [0.15, 0.2) is 0 Å². The van der Waals surface area contributed by atoms with Crippen LogP contribution in [-0.2, 0) is 12.8 Å². The molecule has 1 aromatic carbocycles. The zero-order valence-corrected chi connectivity index (χ0v) is 12.3. The van der Waals surface area contributed by atoms with Gasteiger partial charge < -0.3 is 9.73 Å². The third-order valence-electron chi connectivity index (χ3n) is 3.84. The van der Waals surface area contributed by atoms with Crippen molar-refractivity contribution in [1.82, 2.24) is 10.3 Å². The van der Waals surface area contributed by atoms with Crippen molar-refractivity contribution in [2.75, 3.05) is 7.05 Å². The lowest BCUT2D eigenvalue weighted by atomic mass is 10.0. The predicted octanol–water partition coefficient (Wildman–Crippen LogP) is 3.59. The fourth-order valence-corrected chi connectivity index (χ4v) is 2.59. The molecule has 3 rings (SSSR count). The van der Waals surface area contributed by atoms with Crippen molar-refractivity contribution in [1.29, 1.82) is 0 Å². The topological polar surface area (TPSA) is 38.1 Å². The van der Waals surface area contributed by atoms with Gasteiger partial charge in [0, 0.05) is 30.0 Å². The fraction of sp³-hybridized carbons (Fsp3) is 0.278. The molecule has 1 unspecified atom stereocenters. The van der Waals surface area contributed by atoms with Crippen LogP contribution in [0.1, 0.15) is 17.9 Å². The number of likely N-dealkylation sites (N-methyl/N-ethyl adjacent to an activating group) is 1. The highest BCUT2D eigenvalue weighted by atomic mass is 16.3. The largest absolute Gasteiger partial charge is 0.469 e. The van der Waals surface area contributed by atoms with E-state index in [1.54, 1.807) is 6.26 Å². The minimum Gasteiger partial charge on any atom is -0.469 e. The molecule has 0 amide bonds. The number of furan rings is 1. The van der Waals surface area contributed by atoms with E-state index in [1.165, 1.54) is 5.39 Å². The zero-order valence-electron chi connectivity index (χ0n) is 12.3. The highest BCUT2D eigenvalue weighted by molar-refractivity contribution is 5.78. The van der Waals surface area contributed by atoms with Crippen LogP contribution in [0.5, 0.6) is 0 Å². The number of pyridine rings is 1.